The summed E-state index contributed by atoms with van der Waals surface area (Å²) in [6.07, 6.45) is -2.22. The Hall–Kier alpha value is -5.40. The molecule has 0 spiro atoms. The predicted molar refractivity (Wildman–Crippen MR) is 140 cm³/mol. The lowest BCUT2D eigenvalue weighted by Gasteiger charge is -2.31. The highest BCUT2D eigenvalue weighted by Crippen LogP contribution is 2.24. The van der Waals surface area contributed by atoms with Gasteiger partial charge in [0.2, 0.25) is 0 Å². The van der Waals surface area contributed by atoms with Gasteiger partial charge in [-0.15, -0.1) is 0 Å². The lowest BCUT2D eigenvalue weighted by atomic mass is 10.0. The zero-order valence-corrected chi connectivity index (χ0v) is 21.2. The minimum absolute atomic E-state index is 0.0766. The predicted octanol–water partition coefficient (Wildman–Crippen LogP) is 3.52. The van der Waals surface area contributed by atoms with Gasteiger partial charge in [0.25, 0.3) is 17.5 Å². The van der Waals surface area contributed by atoms with Crippen molar-refractivity contribution in [2.24, 2.45) is 0 Å². The van der Waals surface area contributed by atoms with Crippen molar-refractivity contribution in [2.75, 3.05) is 18.4 Å². The molecule has 0 radical (unpaired) electrons. The minimum atomic E-state index is -1.62. The van der Waals surface area contributed by atoms with Crippen LogP contribution in [0.25, 0.3) is 0 Å². The zero-order valence-electron chi connectivity index (χ0n) is 21.2. The summed E-state index contributed by atoms with van der Waals surface area (Å²) in [7, 11) is 0. The average molecular weight is 568 g/mol. The lowest BCUT2D eigenvalue weighted by molar-refractivity contribution is -0.384. The monoisotopic (exact) mass is 567 g/mol. The number of halogens is 2. The van der Waals surface area contributed by atoms with Gasteiger partial charge in [-0.25, -0.2) is 13.6 Å². The molecule has 4 rings (SSSR count). The number of carbonyl (C=O) groups is 4. The van der Waals surface area contributed by atoms with Crippen LogP contribution in [0.4, 0.5) is 25.0 Å². The molecule has 212 valence electrons. The molecule has 0 bridgehead atoms. The Morgan fingerprint density at radius 3 is 2.29 bits per heavy atom. The molecule has 0 saturated carbocycles. The normalized spacial score (nSPS) is 15.2. The number of hydrogen-bond acceptors (Lipinski definition) is 6. The molecule has 1 aliphatic heterocycles. The van der Waals surface area contributed by atoms with E-state index in [0.29, 0.717) is 0 Å². The number of carboxylic acids is 1. The third-order valence-corrected chi connectivity index (χ3v) is 6.28. The molecule has 2 atom stereocenters. The quantitative estimate of drug-likeness (QED) is 0.277. The summed E-state index contributed by atoms with van der Waals surface area (Å²) in [6, 6.07) is 12.5. The van der Waals surface area contributed by atoms with E-state index in [1.54, 1.807) is 0 Å². The van der Waals surface area contributed by atoms with Gasteiger partial charge in [-0.05, 0) is 42.0 Å². The highest BCUT2D eigenvalue weighted by atomic mass is 19.1. The molecule has 3 N–H and O–H groups in total. The number of urea groups is 1. The fraction of sp³-hybridized carbons (Fsp3) is 0.185. The first-order chi connectivity index (χ1) is 19.5. The van der Waals surface area contributed by atoms with Crippen molar-refractivity contribution in [2.45, 2.75) is 18.6 Å². The Bertz CT molecular complexity index is 1500. The topological polar surface area (TPSA) is 162 Å². The first-order valence-electron chi connectivity index (χ1n) is 12.2. The number of nitrogens with one attached hydrogen (secondary N) is 2. The minimum Gasteiger partial charge on any atom is -0.481 e. The van der Waals surface area contributed by atoms with E-state index in [1.165, 1.54) is 48.5 Å². The third-order valence-electron chi connectivity index (χ3n) is 6.28. The van der Waals surface area contributed by atoms with Crippen LogP contribution in [0, 0.1) is 21.7 Å². The van der Waals surface area contributed by atoms with Gasteiger partial charge in [0, 0.05) is 36.5 Å². The third kappa shape index (κ3) is 6.79. The van der Waals surface area contributed by atoms with Crippen LogP contribution in [-0.2, 0) is 9.59 Å². The summed E-state index contributed by atoms with van der Waals surface area (Å²) in [4.78, 5) is 64.4. The largest absolute Gasteiger partial charge is 0.481 e. The van der Waals surface area contributed by atoms with Crippen molar-refractivity contribution in [1.29, 1.82) is 0 Å². The number of hydrogen-bond donors (Lipinski definition) is 3. The van der Waals surface area contributed by atoms with E-state index in [9.17, 15) is 43.2 Å². The van der Waals surface area contributed by atoms with E-state index in [4.69, 9.17) is 0 Å². The maximum atomic E-state index is 13.7. The molecule has 3 aromatic carbocycles. The molecule has 1 saturated heterocycles. The number of benzene rings is 3. The van der Waals surface area contributed by atoms with Crippen LogP contribution >= 0.6 is 0 Å². The molecule has 0 aromatic heterocycles. The summed E-state index contributed by atoms with van der Waals surface area (Å²) in [5.41, 5.74) is -0.153. The molecule has 12 nitrogen and oxygen atoms in total. The van der Waals surface area contributed by atoms with Gasteiger partial charge in [0.05, 0.1) is 17.4 Å². The van der Waals surface area contributed by atoms with Gasteiger partial charge in [-0.3, -0.25) is 29.4 Å². The number of nitro groups is 1. The summed E-state index contributed by atoms with van der Waals surface area (Å²) in [5, 5.41) is 25.6. The first kappa shape index (κ1) is 28.6. The van der Waals surface area contributed by atoms with E-state index in [1.807, 2.05) is 0 Å². The summed E-state index contributed by atoms with van der Waals surface area (Å²) >= 11 is 0. The van der Waals surface area contributed by atoms with E-state index >= 15 is 0 Å². The molecule has 0 aliphatic carbocycles. The van der Waals surface area contributed by atoms with Crippen molar-refractivity contribution < 1.29 is 38.0 Å². The van der Waals surface area contributed by atoms with Crippen LogP contribution in [0.15, 0.2) is 72.8 Å². The van der Waals surface area contributed by atoms with Gasteiger partial charge in [-0.1, -0.05) is 24.3 Å². The molecular weight excluding hydrogens is 544 g/mol. The van der Waals surface area contributed by atoms with Gasteiger partial charge < -0.3 is 20.6 Å². The van der Waals surface area contributed by atoms with E-state index in [2.05, 4.69) is 10.6 Å². The van der Waals surface area contributed by atoms with Gasteiger partial charge in [0.15, 0.2) is 6.17 Å². The average Bonchev–Trinajstić information content (AvgIpc) is 3.38. The van der Waals surface area contributed by atoms with Crippen molar-refractivity contribution in [3.63, 3.8) is 0 Å². The van der Waals surface area contributed by atoms with Gasteiger partial charge in [0.1, 0.15) is 11.6 Å². The number of anilines is 1. The zero-order chi connectivity index (χ0) is 29.7. The Labute approximate surface area is 231 Å². The molecule has 2 unspecified atom stereocenters. The number of nitro benzene ring substituents is 1. The van der Waals surface area contributed by atoms with Crippen LogP contribution in [0.1, 0.15) is 28.4 Å². The molecule has 3 aromatic rings. The van der Waals surface area contributed by atoms with Crippen molar-refractivity contribution in [3.05, 3.63) is 106 Å². The van der Waals surface area contributed by atoms with Crippen molar-refractivity contribution in [1.82, 2.24) is 15.1 Å². The first-order valence-corrected chi connectivity index (χ1v) is 12.2. The van der Waals surface area contributed by atoms with Crippen molar-refractivity contribution in [3.8, 4) is 0 Å². The molecule has 1 fully saturated rings. The maximum Gasteiger partial charge on any atom is 0.323 e. The number of amides is 4. The molecule has 1 heterocycles. The Balaban J connectivity index is 1.67. The molecule has 41 heavy (non-hydrogen) atoms. The second kappa shape index (κ2) is 12.2. The standard InChI is InChI=1S/C27H23F2N5O7/c28-18-9-7-16(8-10-18)22(15-23(35)36)31-24(37)25-32(26(38)17-3-1-6-21(13-17)34(40)41)11-12-33(25)27(39)30-20-5-2-4-19(29)14-20/h1-10,13-14,22,25H,11-12,15H2,(H,30,39)(H,31,37)(H,35,36). The Kier molecular flexibility index (Phi) is 8.51. The van der Waals surface area contributed by atoms with Crippen LogP contribution in [0.3, 0.4) is 0 Å². The summed E-state index contributed by atoms with van der Waals surface area (Å²) in [5.74, 6) is -4.23. The second-order valence-electron chi connectivity index (χ2n) is 9.02. The van der Waals surface area contributed by atoms with Crippen molar-refractivity contribution >= 4 is 35.2 Å². The summed E-state index contributed by atoms with van der Waals surface area (Å²) < 4.78 is 27.2. The fourth-order valence-electron chi connectivity index (χ4n) is 4.38. The van der Waals surface area contributed by atoms with Crippen LogP contribution in [0.5, 0.6) is 0 Å². The highest BCUT2D eigenvalue weighted by molar-refractivity contribution is 6.01. The number of carboxylic acid groups (broad SMARTS) is 1. The smallest absolute Gasteiger partial charge is 0.323 e. The molecular formula is C27H23F2N5O7. The van der Waals surface area contributed by atoms with Crippen LogP contribution in [0.2, 0.25) is 0 Å². The number of aliphatic carboxylic acids is 1. The van der Waals surface area contributed by atoms with Crippen LogP contribution in [-0.4, -0.2) is 62.9 Å². The van der Waals surface area contributed by atoms with Crippen LogP contribution < -0.4 is 10.6 Å². The molecule has 4 amide bonds. The number of nitrogens with zero attached hydrogens (tertiary/aromatic N) is 3. The van der Waals surface area contributed by atoms with E-state index in [0.717, 1.165) is 34.1 Å². The Morgan fingerprint density at radius 2 is 1.63 bits per heavy atom. The SMILES string of the molecule is O=C(O)CC(NC(=O)C1N(C(=O)Nc2cccc(F)c2)CCN1C(=O)c1cccc([N+](=O)[O-])c1)c1ccc(F)cc1. The Morgan fingerprint density at radius 1 is 0.951 bits per heavy atom. The fourth-order valence-corrected chi connectivity index (χ4v) is 4.38. The highest BCUT2D eigenvalue weighted by Gasteiger charge is 2.44. The number of carbonyl (C=O) groups excluding carboxylic acids is 3. The molecule has 14 heteroatoms. The number of non-ortho nitro benzene ring substituents is 1. The maximum absolute atomic E-state index is 13.7. The number of rotatable bonds is 8. The van der Waals surface area contributed by atoms with E-state index in [-0.39, 0.29) is 35.6 Å². The second-order valence-corrected chi connectivity index (χ2v) is 9.02. The lowest BCUT2D eigenvalue weighted by Crippen LogP contribution is -2.55. The van der Waals surface area contributed by atoms with E-state index < -0.39 is 59.0 Å². The van der Waals surface area contributed by atoms with Gasteiger partial charge >= 0.3 is 12.0 Å². The van der Waals surface area contributed by atoms with Gasteiger partial charge in [-0.2, -0.15) is 0 Å². The summed E-state index contributed by atoms with van der Waals surface area (Å²) in [6.45, 7) is -0.309. The molecule has 1 aliphatic rings.